The Labute approximate surface area is 170 Å². The molecule has 160 valence electrons. The molecule has 0 aromatic rings. The van der Waals surface area contributed by atoms with E-state index in [1.807, 2.05) is 6.08 Å². The van der Waals surface area contributed by atoms with Crippen LogP contribution in [0.1, 0.15) is 130 Å². The number of unbranched alkanes of at least 4 members (excludes halogenated alkanes) is 9. The van der Waals surface area contributed by atoms with Gasteiger partial charge in [0.1, 0.15) is 5.60 Å². The Morgan fingerprint density at radius 2 is 1.48 bits per heavy atom. The Bertz CT molecular complexity index is 357. The van der Waals surface area contributed by atoms with Gasteiger partial charge in [0.15, 0.2) is 0 Å². The summed E-state index contributed by atoms with van der Waals surface area (Å²) in [6.45, 7) is 12.6. The van der Waals surface area contributed by atoms with Crippen LogP contribution in [0.15, 0.2) is 12.7 Å². The first-order chi connectivity index (χ1) is 13.1. The second-order valence-corrected chi connectivity index (χ2v) is 8.15. The van der Waals surface area contributed by atoms with Gasteiger partial charge >= 0.3 is 5.97 Å². The maximum atomic E-state index is 12.5. The zero-order valence-electron chi connectivity index (χ0n) is 19.0. The van der Waals surface area contributed by atoms with E-state index in [4.69, 9.17) is 4.74 Å². The Hall–Kier alpha value is -0.790. The third-order valence-corrected chi connectivity index (χ3v) is 6.20. The van der Waals surface area contributed by atoms with Crippen molar-refractivity contribution in [2.24, 2.45) is 5.92 Å². The molecule has 0 aliphatic heterocycles. The van der Waals surface area contributed by atoms with Crippen molar-refractivity contribution in [1.82, 2.24) is 0 Å². The molecule has 0 aromatic heterocycles. The molecular formula is C25H48O2. The van der Waals surface area contributed by atoms with Crippen LogP contribution in [0.25, 0.3) is 0 Å². The van der Waals surface area contributed by atoms with Gasteiger partial charge < -0.3 is 4.74 Å². The number of ether oxygens (including phenoxy) is 1. The predicted octanol–water partition coefficient (Wildman–Crippen LogP) is 8.39. The van der Waals surface area contributed by atoms with Gasteiger partial charge in [-0.1, -0.05) is 85.1 Å². The van der Waals surface area contributed by atoms with Gasteiger partial charge in [-0.2, -0.15) is 0 Å². The summed E-state index contributed by atoms with van der Waals surface area (Å²) < 4.78 is 6.16. The van der Waals surface area contributed by atoms with E-state index in [0.29, 0.717) is 12.3 Å². The van der Waals surface area contributed by atoms with Gasteiger partial charge in [-0.3, -0.25) is 4.79 Å². The Kier molecular flexibility index (Phi) is 16.8. The van der Waals surface area contributed by atoms with Gasteiger partial charge in [0.05, 0.1) is 0 Å². The highest BCUT2D eigenvalue weighted by Crippen LogP contribution is 2.36. The highest BCUT2D eigenvalue weighted by Gasteiger charge is 2.37. The summed E-state index contributed by atoms with van der Waals surface area (Å²) in [6, 6.07) is 0. The fourth-order valence-corrected chi connectivity index (χ4v) is 4.25. The number of hydrogen-bond donors (Lipinski definition) is 0. The van der Waals surface area contributed by atoms with Crippen molar-refractivity contribution in [2.75, 3.05) is 0 Å². The molecule has 0 rings (SSSR count). The molecule has 0 spiro atoms. The monoisotopic (exact) mass is 380 g/mol. The summed E-state index contributed by atoms with van der Waals surface area (Å²) in [6.07, 6.45) is 20.2. The third-order valence-electron chi connectivity index (χ3n) is 6.20. The van der Waals surface area contributed by atoms with Crippen molar-refractivity contribution in [1.29, 1.82) is 0 Å². The third kappa shape index (κ3) is 11.6. The molecule has 0 radical (unpaired) electrons. The van der Waals surface area contributed by atoms with Gasteiger partial charge in [0, 0.05) is 6.42 Å². The van der Waals surface area contributed by atoms with E-state index in [1.165, 1.54) is 57.8 Å². The lowest BCUT2D eigenvalue weighted by Crippen LogP contribution is -2.41. The fourth-order valence-electron chi connectivity index (χ4n) is 4.25. The molecule has 0 amide bonds. The Morgan fingerprint density at radius 1 is 0.889 bits per heavy atom. The van der Waals surface area contributed by atoms with Crippen molar-refractivity contribution >= 4 is 5.97 Å². The average molecular weight is 381 g/mol. The highest BCUT2D eigenvalue weighted by atomic mass is 16.6. The maximum Gasteiger partial charge on any atom is 0.306 e. The average Bonchev–Trinajstić information content (AvgIpc) is 2.68. The first-order valence-electron chi connectivity index (χ1n) is 11.9. The molecule has 0 aliphatic carbocycles. The van der Waals surface area contributed by atoms with Gasteiger partial charge in [-0.05, 0) is 50.9 Å². The van der Waals surface area contributed by atoms with Crippen molar-refractivity contribution < 1.29 is 9.53 Å². The quantitative estimate of drug-likeness (QED) is 0.128. The van der Waals surface area contributed by atoms with Crippen LogP contribution in [0.3, 0.4) is 0 Å². The molecule has 2 nitrogen and oxygen atoms in total. The Balaban J connectivity index is 4.30. The first kappa shape index (κ1) is 26.2. The lowest BCUT2D eigenvalue weighted by Gasteiger charge is -2.39. The molecule has 0 saturated carbocycles. The largest absolute Gasteiger partial charge is 0.459 e. The summed E-state index contributed by atoms with van der Waals surface area (Å²) in [7, 11) is 0. The highest BCUT2D eigenvalue weighted by molar-refractivity contribution is 5.69. The molecule has 27 heavy (non-hydrogen) atoms. The Morgan fingerprint density at radius 3 is 2.04 bits per heavy atom. The lowest BCUT2D eigenvalue weighted by atomic mass is 9.77. The fraction of sp³-hybridized carbons (Fsp3) is 0.880. The summed E-state index contributed by atoms with van der Waals surface area (Å²) >= 11 is 0. The number of rotatable bonds is 19. The van der Waals surface area contributed by atoms with E-state index >= 15 is 0 Å². The van der Waals surface area contributed by atoms with Crippen LogP contribution in [0.2, 0.25) is 0 Å². The summed E-state index contributed by atoms with van der Waals surface area (Å²) in [5.41, 5.74) is -0.247. The molecule has 0 bridgehead atoms. The van der Waals surface area contributed by atoms with E-state index in [0.717, 1.165) is 38.5 Å². The molecule has 0 heterocycles. The van der Waals surface area contributed by atoms with Gasteiger partial charge in [0.2, 0.25) is 0 Å². The molecule has 0 saturated heterocycles. The number of hydrogen-bond acceptors (Lipinski definition) is 2. The SMILES string of the molecule is C=CCCCCCCCCC(=O)OC(CC)(CC)C(CC)CCCCCC. The molecule has 2 heteroatoms. The van der Waals surface area contributed by atoms with Gasteiger partial charge in [0.25, 0.3) is 0 Å². The second kappa shape index (κ2) is 17.3. The van der Waals surface area contributed by atoms with Crippen LogP contribution in [0, 0.1) is 5.92 Å². The zero-order valence-corrected chi connectivity index (χ0v) is 19.0. The molecule has 1 atom stereocenters. The van der Waals surface area contributed by atoms with Crippen LogP contribution < -0.4 is 0 Å². The van der Waals surface area contributed by atoms with Crippen molar-refractivity contribution in [3.05, 3.63) is 12.7 Å². The lowest BCUT2D eigenvalue weighted by molar-refractivity contribution is -0.168. The van der Waals surface area contributed by atoms with Crippen molar-refractivity contribution in [3.63, 3.8) is 0 Å². The zero-order chi connectivity index (χ0) is 20.4. The topological polar surface area (TPSA) is 26.3 Å². The molecule has 1 unspecified atom stereocenters. The van der Waals surface area contributed by atoms with Gasteiger partial charge in [-0.25, -0.2) is 0 Å². The van der Waals surface area contributed by atoms with E-state index in [1.54, 1.807) is 0 Å². The number of carbonyl (C=O) groups excluding carboxylic acids is 1. The smallest absolute Gasteiger partial charge is 0.306 e. The van der Waals surface area contributed by atoms with Crippen LogP contribution in [-0.4, -0.2) is 11.6 Å². The van der Waals surface area contributed by atoms with Crippen LogP contribution in [0.4, 0.5) is 0 Å². The molecule has 0 N–H and O–H groups in total. The van der Waals surface area contributed by atoms with Crippen molar-refractivity contribution in [3.8, 4) is 0 Å². The van der Waals surface area contributed by atoms with Crippen LogP contribution >= 0.6 is 0 Å². The molecular weight excluding hydrogens is 332 g/mol. The minimum absolute atomic E-state index is 0.0253. The van der Waals surface area contributed by atoms with Crippen molar-refractivity contribution in [2.45, 2.75) is 136 Å². The predicted molar refractivity (Wildman–Crippen MR) is 119 cm³/mol. The number of carbonyl (C=O) groups is 1. The summed E-state index contributed by atoms with van der Waals surface area (Å²) in [4.78, 5) is 12.5. The number of allylic oxidation sites excluding steroid dienone is 1. The van der Waals surface area contributed by atoms with E-state index < -0.39 is 0 Å². The van der Waals surface area contributed by atoms with Crippen LogP contribution in [0.5, 0.6) is 0 Å². The molecule has 0 aromatic carbocycles. The van der Waals surface area contributed by atoms with E-state index in [-0.39, 0.29) is 11.6 Å². The van der Waals surface area contributed by atoms with Crippen LogP contribution in [-0.2, 0) is 9.53 Å². The normalized spacial score (nSPS) is 12.7. The minimum Gasteiger partial charge on any atom is -0.459 e. The first-order valence-corrected chi connectivity index (χ1v) is 11.9. The van der Waals surface area contributed by atoms with E-state index in [2.05, 4.69) is 34.3 Å². The van der Waals surface area contributed by atoms with Gasteiger partial charge in [-0.15, -0.1) is 6.58 Å². The maximum absolute atomic E-state index is 12.5. The number of esters is 1. The molecule has 0 fully saturated rings. The van der Waals surface area contributed by atoms with E-state index in [9.17, 15) is 4.79 Å². The minimum atomic E-state index is -0.247. The summed E-state index contributed by atoms with van der Waals surface area (Å²) in [5.74, 6) is 0.524. The second-order valence-electron chi connectivity index (χ2n) is 8.15. The standard InChI is InChI=1S/C25H48O2/c1-6-11-13-15-16-17-18-20-22-24(26)27-25(9-4,10-5)23(8-3)21-19-14-12-7-2/h6,23H,1,7-22H2,2-5H3. The molecule has 0 aliphatic rings. The summed E-state index contributed by atoms with van der Waals surface area (Å²) in [5, 5.41) is 0.